The van der Waals surface area contributed by atoms with Crippen molar-refractivity contribution < 1.29 is 18.3 Å². The average molecular weight is 251 g/mol. The van der Waals surface area contributed by atoms with Gasteiger partial charge in [0, 0.05) is 25.0 Å². The van der Waals surface area contributed by atoms with Gasteiger partial charge in [-0.15, -0.1) is 0 Å². The molecule has 1 aromatic heterocycles. The molecule has 0 radical (unpaired) electrons. The molecule has 94 valence electrons. The second-order valence-electron chi connectivity index (χ2n) is 3.83. The van der Waals surface area contributed by atoms with Crippen LogP contribution in [0.4, 0.5) is 8.78 Å². The van der Waals surface area contributed by atoms with Crippen LogP contribution in [0.25, 0.3) is 0 Å². The first kappa shape index (κ1) is 12.3. The first-order valence-electron chi connectivity index (χ1n) is 5.30. The maximum atomic E-state index is 13.2. The van der Waals surface area contributed by atoms with Crippen molar-refractivity contribution in [3.63, 3.8) is 0 Å². The number of Topliss-reactive ketones (excluding diaryl/α,β-unsaturated/α-hetero) is 1. The summed E-state index contributed by atoms with van der Waals surface area (Å²) in [7, 11) is 1.78. The number of nitrogens with zero attached hydrogens (tertiary/aromatic N) is 1. The normalized spacial score (nSPS) is 10.4. The Labute approximate surface area is 103 Å². The second kappa shape index (κ2) is 5.00. The van der Waals surface area contributed by atoms with Gasteiger partial charge in [-0.2, -0.15) is 4.39 Å². The van der Waals surface area contributed by atoms with Crippen molar-refractivity contribution in [1.29, 1.82) is 0 Å². The lowest BCUT2D eigenvalue weighted by molar-refractivity contribution is 0.0918. The Kier molecular flexibility index (Phi) is 3.41. The van der Waals surface area contributed by atoms with Gasteiger partial charge >= 0.3 is 0 Å². The molecule has 0 saturated heterocycles. The SMILES string of the molecule is Cn1ccc(C(=O)COc2cccc(F)c2F)c1. The number of hydrogen-bond donors (Lipinski definition) is 0. The van der Waals surface area contributed by atoms with E-state index in [0.717, 1.165) is 6.07 Å². The van der Waals surface area contributed by atoms with Gasteiger partial charge in [-0.25, -0.2) is 4.39 Å². The van der Waals surface area contributed by atoms with Crippen LogP contribution in [0, 0.1) is 11.6 Å². The highest BCUT2D eigenvalue weighted by molar-refractivity contribution is 5.97. The molecule has 0 fully saturated rings. The number of hydrogen-bond acceptors (Lipinski definition) is 2. The average Bonchev–Trinajstić information content (AvgIpc) is 2.77. The van der Waals surface area contributed by atoms with Crippen LogP contribution in [0.5, 0.6) is 5.75 Å². The Balaban J connectivity index is 2.04. The van der Waals surface area contributed by atoms with E-state index in [1.54, 1.807) is 30.1 Å². The van der Waals surface area contributed by atoms with Crippen LogP contribution >= 0.6 is 0 Å². The number of carbonyl (C=O) groups is 1. The quantitative estimate of drug-likeness (QED) is 0.782. The number of halogens is 2. The van der Waals surface area contributed by atoms with Crippen molar-refractivity contribution in [2.45, 2.75) is 0 Å². The number of aryl methyl sites for hydroxylation is 1. The zero-order valence-electron chi connectivity index (χ0n) is 9.69. The summed E-state index contributed by atoms with van der Waals surface area (Å²) in [6.45, 7) is -0.329. The third-order valence-electron chi connectivity index (χ3n) is 2.43. The third kappa shape index (κ3) is 2.56. The van der Waals surface area contributed by atoms with Crippen LogP contribution in [0.15, 0.2) is 36.7 Å². The molecule has 0 aliphatic rings. The van der Waals surface area contributed by atoms with Gasteiger partial charge in [0.2, 0.25) is 11.6 Å². The maximum Gasteiger partial charge on any atom is 0.201 e. The van der Waals surface area contributed by atoms with Gasteiger partial charge < -0.3 is 9.30 Å². The van der Waals surface area contributed by atoms with E-state index in [1.165, 1.54) is 12.1 Å². The van der Waals surface area contributed by atoms with E-state index in [2.05, 4.69) is 0 Å². The largest absolute Gasteiger partial charge is 0.482 e. The van der Waals surface area contributed by atoms with Gasteiger partial charge in [0.05, 0.1) is 0 Å². The van der Waals surface area contributed by atoms with Gasteiger partial charge in [-0.1, -0.05) is 6.07 Å². The van der Waals surface area contributed by atoms with Crippen molar-refractivity contribution in [3.05, 3.63) is 53.9 Å². The zero-order chi connectivity index (χ0) is 13.1. The molecule has 0 unspecified atom stereocenters. The standard InChI is InChI=1S/C13H11F2NO2/c1-16-6-5-9(7-16)11(17)8-18-12-4-2-3-10(14)13(12)15/h2-7H,8H2,1H3. The van der Waals surface area contributed by atoms with Crippen molar-refractivity contribution >= 4 is 5.78 Å². The molecule has 2 rings (SSSR count). The summed E-state index contributed by atoms with van der Waals surface area (Å²) in [4.78, 5) is 11.7. The Bertz CT molecular complexity index is 578. The van der Waals surface area contributed by atoms with E-state index in [-0.39, 0.29) is 18.1 Å². The lowest BCUT2D eigenvalue weighted by Gasteiger charge is -2.05. The zero-order valence-corrected chi connectivity index (χ0v) is 9.69. The van der Waals surface area contributed by atoms with Gasteiger partial charge in [0.1, 0.15) is 0 Å². The summed E-state index contributed by atoms with van der Waals surface area (Å²) in [6, 6.07) is 5.21. The fourth-order valence-corrected chi connectivity index (χ4v) is 1.49. The molecular weight excluding hydrogens is 240 g/mol. The van der Waals surface area contributed by atoms with Crippen molar-refractivity contribution in [1.82, 2.24) is 4.57 Å². The van der Waals surface area contributed by atoms with Crippen LogP contribution in [0.2, 0.25) is 0 Å². The minimum absolute atomic E-state index is 0.265. The molecule has 0 N–H and O–H groups in total. The molecule has 2 aromatic rings. The molecule has 0 atom stereocenters. The summed E-state index contributed by atoms with van der Waals surface area (Å²) in [5.41, 5.74) is 0.467. The van der Waals surface area contributed by atoms with Gasteiger partial charge in [-0.05, 0) is 18.2 Å². The molecule has 0 bridgehead atoms. The van der Waals surface area contributed by atoms with E-state index < -0.39 is 11.6 Å². The number of carbonyl (C=O) groups excluding carboxylic acids is 1. The highest BCUT2D eigenvalue weighted by Gasteiger charge is 2.12. The number of rotatable bonds is 4. The minimum Gasteiger partial charge on any atom is -0.482 e. The van der Waals surface area contributed by atoms with Gasteiger partial charge in [0.25, 0.3) is 0 Å². The molecule has 5 heteroatoms. The molecule has 0 aliphatic heterocycles. The molecule has 0 saturated carbocycles. The Morgan fingerprint density at radius 1 is 1.33 bits per heavy atom. The fourth-order valence-electron chi connectivity index (χ4n) is 1.49. The molecule has 3 nitrogen and oxygen atoms in total. The summed E-state index contributed by atoms with van der Waals surface area (Å²) < 4.78 is 32.8. The Hall–Kier alpha value is -2.17. The monoisotopic (exact) mass is 251 g/mol. The van der Waals surface area contributed by atoms with E-state index in [4.69, 9.17) is 4.74 Å². The van der Waals surface area contributed by atoms with E-state index in [1.807, 2.05) is 0 Å². The predicted molar refractivity (Wildman–Crippen MR) is 61.6 cm³/mol. The lowest BCUT2D eigenvalue weighted by Crippen LogP contribution is -2.12. The molecule has 18 heavy (non-hydrogen) atoms. The first-order valence-corrected chi connectivity index (χ1v) is 5.30. The minimum atomic E-state index is -1.08. The molecule has 0 aliphatic carbocycles. The smallest absolute Gasteiger partial charge is 0.201 e. The third-order valence-corrected chi connectivity index (χ3v) is 2.43. The number of ether oxygens (including phenoxy) is 1. The molecule has 0 amide bonds. The van der Waals surface area contributed by atoms with E-state index in [0.29, 0.717) is 5.56 Å². The van der Waals surface area contributed by atoms with Crippen LogP contribution in [0.1, 0.15) is 10.4 Å². The van der Waals surface area contributed by atoms with Crippen LogP contribution in [-0.2, 0) is 7.05 Å². The first-order chi connectivity index (χ1) is 8.58. The molecule has 1 aromatic carbocycles. The molecule has 1 heterocycles. The maximum absolute atomic E-state index is 13.2. The summed E-state index contributed by atoms with van der Waals surface area (Å²) in [6.07, 6.45) is 3.35. The Morgan fingerprint density at radius 3 is 2.78 bits per heavy atom. The van der Waals surface area contributed by atoms with Gasteiger partial charge in [0.15, 0.2) is 18.2 Å². The predicted octanol–water partition coefficient (Wildman–Crippen LogP) is 2.57. The summed E-state index contributed by atoms with van der Waals surface area (Å²) >= 11 is 0. The van der Waals surface area contributed by atoms with E-state index >= 15 is 0 Å². The van der Waals surface area contributed by atoms with Crippen LogP contribution < -0.4 is 4.74 Å². The number of aromatic nitrogens is 1. The van der Waals surface area contributed by atoms with Crippen molar-refractivity contribution in [3.8, 4) is 5.75 Å². The fraction of sp³-hybridized carbons (Fsp3) is 0.154. The lowest BCUT2D eigenvalue weighted by atomic mass is 10.2. The van der Waals surface area contributed by atoms with Crippen LogP contribution in [0.3, 0.4) is 0 Å². The highest BCUT2D eigenvalue weighted by Crippen LogP contribution is 2.19. The number of benzene rings is 1. The van der Waals surface area contributed by atoms with Crippen molar-refractivity contribution in [2.75, 3.05) is 6.61 Å². The van der Waals surface area contributed by atoms with E-state index in [9.17, 15) is 13.6 Å². The van der Waals surface area contributed by atoms with Crippen molar-refractivity contribution in [2.24, 2.45) is 7.05 Å². The van der Waals surface area contributed by atoms with Crippen LogP contribution in [-0.4, -0.2) is 17.0 Å². The molecular formula is C13H11F2NO2. The van der Waals surface area contributed by atoms with Gasteiger partial charge in [-0.3, -0.25) is 4.79 Å². The summed E-state index contributed by atoms with van der Waals surface area (Å²) in [5, 5.41) is 0. The topological polar surface area (TPSA) is 31.2 Å². The highest BCUT2D eigenvalue weighted by atomic mass is 19.2. The number of ketones is 1. The Morgan fingerprint density at radius 2 is 2.11 bits per heavy atom. The molecule has 0 spiro atoms. The second-order valence-corrected chi connectivity index (χ2v) is 3.83. The summed E-state index contributed by atoms with van der Waals surface area (Å²) in [5.74, 6) is -2.64.